The molecule has 1 amide bonds. The first-order valence-corrected chi connectivity index (χ1v) is 6.89. The van der Waals surface area contributed by atoms with Gasteiger partial charge in [0.2, 0.25) is 5.91 Å². The summed E-state index contributed by atoms with van der Waals surface area (Å²) >= 11 is 0. The molecule has 0 bridgehead atoms. The Morgan fingerprint density at radius 2 is 1.76 bits per heavy atom. The fourth-order valence-electron chi connectivity index (χ4n) is 2.28. The van der Waals surface area contributed by atoms with Crippen molar-refractivity contribution in [1.82, 2.24) is 4.90 Å². The summed E-state index contributed by atoms with van der Waals surface area (Å²) in [6.07, 6.45) is 0. The molecular weight excluding hydrogens is 264 g/mol. The average Bonchev–Trinajstić information content (AvgIpc) is 2.51. The molecule has 1 atom stereocenters. The summed E-state index contributed by atoms with van der Waals surface area (Å²) in [5.41, 5.74) is 7.67. The second-order valence-electron chi connectivity index (χ2n) is 5.06. The van der Waals surface area contributed by atoms with Crippen LogP contribution >= 0.6 is 0 Å². The Hall–Kier alpha value is -2.33. The Morgan fingerprint density at radius 1 is 1.14 bits per heavy atom. The molecule has 4 nitrogen and oxygen atoms in total. The molecule has 0 saturated heterocycles. The van der Waals surface area contributed by atoms with Gasteiger partial charge in [0, 0.05) is 20.1 Å². The van der Waals surface area contributed by atoms with E-state index in [4.69, 9.17) is 5.73 Å². The van der Waals surface area contributed by atoms with Gasteiger partial charge in [0.05, 0.1) is 5.92 Å². The minimum Gasteiger partial charge on any atom is -0.508 e. The Kier molecular flexibility index (Phi) is 4.95. The lowest BCUT2D eigenvalue weighted by Crippen LogP contribution is -2.34. The van der Waals surface area contributed by atoms with Crippen molar-refractivity contribution in [2.24, 2.45) is 5.73 Å². The molecule has 2 aromatic rings. The fourth-order valence-corrected chi connectivity index (χ4v) is 2.28. The largest absolute Gasteiger partial charge is 0.508 e. The van der Waals surface area contributed by atoms with Crippen molar-refractivity contribution in [2.75, 3.05) is 13.6 Å². The number of hydrogen-bond donors (Lipinski definition) is 2. The summed E-state index contributed by atoms with van der Waals surface area (Å²) < 4.78 is 0. The molecule has 3 N–H and O–H groups in total. The number of aromatic hydroxyl groups is 1. The molecule has 2 rings (SSSR count). The minimum atomic E-state index is -0.326. The highest BCUT2D eigenvalue weighted by molar-refractivity contribution is 5.83. The van der Waals surface area contributed by atoms with Crippen LogP contribution in [0.2, 0.25) is 0 Å². The predicted octanol–water partition coefficient (Wildman–Crippen LogP) is 2.09. The van der Waals surface area contributed by atoms with Crippen molar-refractivity contribution in [3.8, 4) is 5.75 Å². The summed E-state index contributed by atoms with van der Waals surface area (Å²) in [5.74, 6) is -0.109. The van der Waals surface area contributed by atoms with Crippen molar-refractivity contribution >= 4 is 5.91 Å². The number of hydrogen-bond acceptors (Lipinski definition) is 3. The molecule has 21 heavy (non-hydrogen) atoms. The second-order valence-corrected chi connectivity index (χ2v) is 5.06. The monoisotopic (exact) mass is 284 g/mol. The van der Waals surface area contributed by atoms with E-state index in [1.165, 1.54) is 0 Å². The predicted molar refractivity (Wildman–Crippen MR) is 82.8 cm³/mol. The summed E-state index contributed by atoms with van der Waals surface area (Å²) in [5, 5.41) is 9.28. The zero-order valence-corrected chi connectivity index (χ0v) is 12.1. The van der Waals surface area contributed by atoms with Crippen molar-refractivity contribution in [1.29, 1.82) is 0 Å². The standard InChI is InChI=1S/C17H20N2O2/c1-19(12-13-7-9-15(20)10-8-13)17(21)16(11-18)14-5-3-2-4-6-14/h2-10,16,20H,11-12,18H2,1H3. The van der Waals surface area contributed by atoms with Crippen LogP contribution in [0.15, 0.2) is 54.6 Å². The first-order chi connectivity index (χ1) is 10.1. The molecule has 0 aromatic heterocycles. The van der Waals surface area contributed by atoms with Gasteiger partial charge in [-0.15, -0.1) is 0 Å². The van der Waals surface area contributed by atoms with Gasteiger partial charge in [0.1, 0.15) is 5.75 Å². The van der Waals surface area contributed by atoms with Gasteiger partial charge < -0.3 is 15.7 Å². The molecule has 4 heteroatoms. The average molecular weight is 284 g/mol. The minimum absolute atomic E-state index is 0.00299. The summed E-state index contributed by atoms with van der Waals surface area (Å²) in [6, 6.07) is 16.4. The Bertz CT molecular complexity index is 581. The number of amides is 1. The first kappa shape index (κ1) is 15.1. The number of carbonyl (C=O) groups is 1. The third-order valence-corrected chi connectivity index (χ3v) is 3.47. The van der Waals surface area contributed by atoms with Crippen molar-refractivity contribution in [3.63, 3.8) is 0 Å². The van der Waals surface area contributed by atoms with E-state index in [0.717, 1.165) is 11.1 Å². The highest BCUT2D eigenvalue weighted by Crippen LogP contribution is 2.18. The quantitative estimate of drug-likeness (QED) is 0.883. The van der Waals surface area contributed by atoms with Gasteiger partial charge in [-0.1, -0.05) is 42.5 Å². The summed E-state index contributed by atoms with van der Waals surface area (Å²) in [7, 11) is 1.76. The van der Waals surface area contributed by atoms with E-state index in [-0.39, 0.29) is 24.1 Å². The number of benzene rings is 2. The molecule has 0 spiro atoms. The third-order valence-electron chi connectivity index (χ3n) is 3.47. The molecule has 1 unspecified atom stereocenters. The lowest BCUT2D eigenvalue weighted by molar-refractivity contribution is -0.131. The highest BCUT2D eigenvalue weighted by Gasteiger charge is 2.22. The van der Waals surface area contributed by atoms with E-state index in [0.29, 0.717) is 6.54 Å². The normalized spacial score (nSPS) is 11.9. The van der Waals surface area contributed by atoms with Crippen LogP contribution in [-0.2, 0) is 11.3 Å². The fraction of sp³-hybridized carbons (Fsp3) is 0.235. The van der Waals surface area contributed by atoms with E-state index in [9.17, 15) is 9.90 Å². The molecule has 2 aromatic carbocycles. The molecule has 0 heterocycles. The number of nitrogens with zero attached hydrogens (tertiary/aromatic N) is 1. The van der Waals surface area contributed by atoms with E-state index >= 15 is 0 Å². The van der Waals surface area contributed by atoms with Gasteiger partial charge in [-0.25, -0.2) is 0 Å². The van der Waals surface area contributed by atoms with E-state index < -0.39 is 0 Å². The van der Waals surface area contributed by atoms with Crippen molar-refractivity contribution in [3.05, 3.63) is 65.7 Å². The lowest BCUT2D eigenvalue weighted by atomic mass is 9.97. The molecule has 0 saturated carbocycles. The van der Waals surface area contributed by atoms with E-state index in [1.54, 1.807) is 36.2 Å². The second kappa shape index (κ2) is 6.90. The maximum atomic E-state index is 12.5. The Labute approximate surface area is 124 Å². The molecule has 0 aliphatic heterocycles. The van der Waals surface area contributed by atoms with Crippen molar-refractivity contribution in [2.45, 2.75) is 12.5 Å². The van der Waals surface area contributed by atoms with Crippen LogP contribution in [0.5, 0.6) is 5.75 Å². The third kappa shape index (κ3) is 3.83. The van der Waals surface area contributed by atoms with E-state index in [1.807, 2.05) is 30.3 Å². The Morgan fingerprint density at radius 3 is 2.33 bits per heavy atom. The van der Waals surface area contributed by atoms with Gasteiger partial charge in [-0.2, -0.15) is 0 Å². The van der Waals surface area contributed by atoms with Gasteiger partial charge in [0.15, 0.2) is 0 Å². The van der Waals surface area contributed by atoms with Crippen LogP contribution in [0.3, 0.4) is 0 Å². The smallest absolute Gasteiger partial charge is 0.231 e. The van der Waals surface area contributed by atoms with Crippen LogP contribution in [-0.4, -0.2) is 29.5 Å². The molecule has 0 radical (unpaired) electrons. The molecule has 0 aliphatic rings. The van der Waals surface area contributed by atoms with Crippen LogP contribution < -0.4 is 5.73 Å². The van der Waals surface area contributed by atoms with Gasteiger partial charge in [-0.05, 0) is 23.3 Å². The number of phenols is 1. The van der Waals surface area contributed by atoms with E-state index in [2.05, 4.69) is 0 Å². The highest BCUT2D eigenvalue weighted by atomic mass is 16.3. The number of rotatable bonds is 5. The SMILES string of the molecule is CN(Cc1ccc(O)cc1)C(=O)C(CN)c1ccccc1. The zero-order valence-electron chi connectivity index (χ0n) is 12.1. The molecular formula is C17H20N2O2. The topological polar surface area (TPSA) is 66.6 Å². The number of likely N-dealkylation sites (N-methyl/N-ethyl adjacent to an activating group) is 1. The van der Waals surface area contributed by atoms with Crippen molar-refractivity contribution < 1.29 is 9.90 Å². The lowest BCUT2D eigenvalue weighted by Gasteiger charge is -2.23. The maximum Gasteiger partial charge on any atom is 0.231 e. The molecule has 110 valence electrons. The first-order valence-electron chi connectivity index (χ1n) is 6.89. The van der Waals surface area contributed by atoms with Crippen LogP contribution in [0.1, 0.15) is 17.0 Å². The van der Waals surface area contributed by atoms with Crippen LogP contribution in [0.25, 0.3) is 0 Å². The van der Waals surface area contributed by atoms with Gasteiger partial charge in [-0.3, -0.25) is 4.79 Å². The van der Waals surface area contributed by atoms with Crippen LogP contribution in [0.4, 0.5) is 0 Å². The summed E-state index contributed by atoms with van der Waals surface area (Å²) in [6.45, 7) is 0.769. The maximum absolute atomic E-state index is 12.5. The van der Waals surface area contributed by atoms with Gasteiger partial charge in [0.25, 0.3) is 0 Å². The molecule has 0 aliphatic carbocycles. The van der Waals surface area contributed by atoms with Crippen LogP contribution in [0, 0.1) is 0 Å². The number of phenolic OH excluding ortho intramolecular Hbond substituents is 1. The Balaban J connectivity index is 2.08. The number of nitrogens with two attached hydrogens (primary N) is 1. The molecule has 0 fully saturated rings. The zero-order chi connectivity index (χ0) is 15.2. The van der Waals surface area contributed by atoms with Gasteiger partial charge >= 0.3 is 0 Å². The summed E-state index contributed by atoms with van der Waals surface area (Å²) in [4.78, 5) is 14.2. The number of carbonyl (C=O) groups excluding carboxylic acids is 1.